The number of rotatable bonds is 8. The minimum Gasteiger partial charge on any atom is -0.489 e. The molecule has 0 aromatic heterocycles. The summed E-state index contributed by atoms with van der Waals surface area (Å²) in [5.41, 5.74) is 1.20. The van der Waals surface area contributed by atoms with Crippen LogP contribution in [0.25, 0.3) is 0 Å². The van der Waals surface area contributed by atoms with Crippen molar-refractivity contribution >= 4 is 0 Å². The van der Waals surface area contributed by atoms with Crippen LogP contribution < -0.4 is 4.74 Å². The summed E-state index contributed by atoms with van der Waals surface area (Å²) in [5, 5.41) is 11.2. The van der Waals surface area contributed by atoms with Gasteiger partial charge in [-0.1, -0.05) is 56.3 Å². The van der Waals surface area contributed by atoms with Crippen LogP contribution in [0, 0.1) is 5.92 Å². The highest BCUT2D eigenvalue weighted by Gasteiger charge is 2.33. The van der Waals surface area contributed by atoms with Gasteiger partial charge in [-0.3, -0.25) is 0 Å². The topological polar surface area (TPSA) is 32.7 Å². The molecule has 0 spiro atoms. The van der Waals surface area contributed by atoms with Crippen molar-refractivity contribution in [3.63, 3.8) is 0 Å². The number of aliphatic hydroxyl groups is 1. The Kier molecular flexibility index (Phi) is 6.41. The SMILES string of the molecule is CC(C)[C@](O)(CCN(C)C)c1cccc(OCc2ccccc2)c1. The van der Waals surface area contributed by atoms with Crippen LogP contribution in [-0.2, 0) is 12.2 Å². The van der Waals surface area contributed by atoms with Crippen molar-refractivity contribution in [2.24, 2.45) is 5.92 Å². The summed E-state index contributed by atoms with van der Waals surface area (Å²) in [6.07, 6.45) is 0.694. The smallest absolute Gasteiger partial charge is 0.120 e. The highest BCUT2D eigenvalue weighted by molar-refractivity contribution is 5.33. The lowest BCUT2D eigenvalue weighted by molar-refractivity contribution is -0.0235. The van der Waals surface area contributed by atoms with Crippen LogP contribution in [0.1, 0.15) is 31.4 Å². The van der Waals surface area contributed by atoms with Gasteiger partial charge >= 0.3 is 0 Å². The molecule has 130 valence electrons. The predicted molar refractivity (Wildman–Crippen MR) is 99.1 cm³/mol. The molecule has 3 nitrogen and oxygen atoms in total. The van der Waals surface area contributed by atoms with Gasteiger partial charge in [0.25, 0.3) is 0 Å². The van der Waals surface area contributed by atoms with Gasteiger partial charge in [0, 0.05) is 6.54 Å². The Labute approximate surface area is 145 Å². The second kappa shape index (κ2) is 8.32. The van der Waals surface area contributed by atoms with E-state index in [0.717, 1.165) is 23.4 Å². The Balaban J connectivity index is 2.14. The first-order valence-corrected chi connectivity index (χ1v) is 8.56. The van der Waals surface area contributed by atoms with E-state index < -0.39 is 5.60 Å². The first kappa shape index (κ1) is 18.5. The third-order valence-corrected chi connectivity index (χ3v) is 4.48. The monoisotopic (exact) mass is 327 g/mol. The van der Waals surface area contributed by atoms with E-state index in [9.17, 15) is 5.11 Å². The Bertz CT molecular complexity index is 625. The van der Waals surface area contributed by atoms with Gasteiger partial charge < -0.3 is 14.7 Å². The largest absolute Gasteiger partial charge is 0.489 e. The zero-order valence-corrected chi connectivity index (χ0v) is 15.2. The maximum absolute atomic E-state index is 11.2. The fourth-order valence-electron chi connectivity index (χ4n) is 2.76. The number of ether oxygens (including phenoxy) is 1. The Morgan fingerprint density at radius 1 is 1.04 bits per heavy atom. The number of benzene rings is 2. The summed E-state index contributed by atoms with van der Waals surface area (Å²) in [6, 6.07) is 18.0. The van der Waals surface area contributed by atoms with Crippen LogP contribution in [-0.4, -0.2) is 30.6 Å². The normalized spacial score (nSPS) is 14.0. The summed E-state index contributed by atoms with van der Waals surface area (Å²) in [6.45, 7) is 5.49. The Hall–Kier alpha value is -1.84. The zero-order valence-electron chi connectivity index (χ0n) is 15.2. The summed E-state index contributed by atoms with van der Waals surface area (Å²) in [4.78, 5) is 2.10. The molecule has 0 fully saturated rings. The average molecular weight is 327 g/mol. The van der Waals surface area contributed by atoms with Gasteiger partial charge in [0.1, 0.15) is 12.4 Å². The number of hydrogen-bond donors (Lipinski definition) is 1. The molecule has 2 rings (SSSR count). The molecule has 0 aliphatic carbocycles. The maximum atomic E-state index is 11.2. The van der Waals surface area contributed by atoms with Crippen LogP contribution in [0.3, 0.4) is 0 Å². The lowest BCUT2D eigenvalue weighted by Crippen LogP contribution is -2.35. The lowest BCUT2D eigenvalue weighted by Gasteiger charge is -2.34. The molecule has 0 radical (unpaired) electrons. The van der Waals surface area contributed by atoms with Gasteiger partial charge in [-0.05, 0) is 49.7 Å². The summed E-state index contributed by atoms with van der Waals surface area (Å²) >= 11 is 0. The highest BCUT2D eigenvalue weighted by atomic mass is 16.5. The summed E-state index contributed by atoms with van der Waals surface area (Å²) in [7, 11) is 4.06. The first-order valence-electron chi connectivity index (χ1n) is 8.56. The molecule has 24 heavy (non-hydrogen) atoms. The molecule has 0 aliphatic heterocycles. The van der Waals surface area contributed by atoms with Gasteiger partial charge in [-0.25, -0.2) is 0 Å². The van der Waals surface area contributed by atoms with Crippen molar-refractivity contribution in [2.45, 2.75) is 32.5 Å². The summed E-state index contributed by atoms with van der Waals surface area (Å²) < 4.78 is 5.91. The lowest BCUT2D eigenvalue weighted by atomic mass is 9.80. The third-order valence-electron chi connectivity index (χ3n) is 4.48. The molecule has 0 heterocycles. The van der Waals surface area contributed by atoms with Crippen LogP contribution in [0.4, 0.5) is 0 Å². The van der Waals surface area contributed by atoms with Crippen molar-refractivity contribution in [3.8, 4) is 5.75 Å². The highest BCUT2D eigenvalue weighted by Crippen LogP contribution is 2.35. The van der Waals surface area contributed by atoms with E-state index in [1.807, 2.05) is 68.7 Å². The molecule has 0 saturated carbocycles. The molecule has 2 aromatic rings. The van der Waals surface area contributed by atoms with Crippen molar-refractivity contribution in [2.75, 3.05) is 20.6 Å². The molecule has 0 bridgehead atoms. The standard InChI is InChI=1S/C21H29NO2/c1-17(2)21(23,13-14-22(3)4)19-11-8-12-20(15-19)24-16-18-9-6-5-7-10-18/h5-12,15,17,23H,13-14,16H2,1-4H3/t21-/m1/s1. The van der Waals surface area contributed by atoms with Gasteiger partial charge in [0.2, 0.25) is 0 Å². The van der Waals surface area contributed by atoms with E-state index >= 15 is 0 Å². The quantitative estimate of drug-likeness (QED) is 0.793. The second-order valence-electron chi connectivity index (χ2n) is 6.93. The van der Waals surface area contributed by atoms with Gasteiger partial charge in [-0.15, -0.1) is 0 Å². The van der Waals surface area contributed by atoms with E-state index in [4.69, 9.17) is 4.74 Å². The fourth-order valence-corrected chi connectivity index (χ4v) is 2.76. The van der Waals surface area contributed by atoms with Crippen LogP contribution in [0.2, 0.25) is 0 Å². The summed E-state index contributed by atoms with van der Waals surface area (Å²) in [5.74, 6) is 0.919. The van der Waals surface area contributed by atoms with E-state index in [-0.39, 0.29) is 5.92 Å². The number of nitrogens with zero attached hydrogens (tertiary/aromatic N) is 1. The minimum atomic E-state index is -0.851. The van der Waals surface area contributed by atoms with Gasteiger partial charge in [-0.2, -0.15) is 0 Å². The molecule has 2 aromatic carbocycles. The molecule has 1 atom stereocenters. The zero-order chi connectivity index (χ0) is 17.6. The average Bonchev–Trinajstić information content (AvgIpc) is 2.59. The van der Waals surface area contributed by atoms with Crippen LogP contribution in [0.15, 0.2) is 54.6 Å². The molecule has 0 amide bonds. The molecule has 3 heteroatoms. The predicted octanol–water partition coefficient (Wildman–Crippen LogP) is 4.06. The van der Waals surface area contributed by atoms with Gasteiger partial charge in [0.05, 0.1) is 5.60 Å². The van der Waals surface area contributed by atoms with Crippen molar-refractivity contribution in [3.05, 3.63) is 65.7 Å². The molecular weight excluding hydrogens is 298 g/mol. The van der Waals surface area contributed by atoms with Crippen molar-refractivity contribution in [1.29, 1.82) is 0 Å². The van der Waals surface area contributed by atoms with Crippen LogP contribution in [0.5, 0.6) is 5.75 Å². The molecule has 0 aliphatic rings. The maximum Gasteiger partial charge on any atom is 0.120 e. The molecule has 0 unspecified atom stereocenters. The van der Waals surface area contributed by atoms with Gasteiger partial charge in [0.15, 0.2) is 0 Å². The first-order chi connectivity index (χ1) is 11.4. The van der Waals surface area contributed by atoms with E-state index in [2.05, 4.69) is 18.7 Å². The van der Waals surface area contributed by atoms with Crippen molar-refractivity contribution in [1.82, 2.24) is 4.90 Å². The molecular formula is C21H29NO2. The molecule has 1 N–H and O–H groups in total. The Morgan fingerprint density at radius 3 is 2.38 bits per heavy atom. The minimum absolute atomic E-state index is 0.127. The Morgan fingerprint density at radius 2 is 1.75 bits per heavy atom. The van der Waals surface area contributed by atoms with Crippen molar-refractivity contribution < 1.29 is 9.84 Å². The van der Waals surface area contributed by atoms with E-state index in [1.165, 1.54) is 0 Å². The molecule has 0 saturated heterocycles. The van der Waals surface area contributed by atoms with E-state index in [0.29, 0.717) is 13.0 Å². The third kappa shape index (κ3) is 4.83. The second-order valence-corrected chi connectivity index (χ2v) is 6.93. The van der Waals surface area contributed by atoms with Crippen LogP contribution >= 0.6 is 0 Å². The number of hydrogen-bond acceptors (Lipinski definition) is 3. The fraction of sp³-hybridized carbons (Fsp3) is 0.429. The van der Waals surface area contributed by atoms with E-state index in [1.54, 1.807) is 0 Å².